The standard InChI is InChI=1S/C20H32N2O2/c1-16-13-21(14-17(2)24-16)15-19-5-4-11-22(19)12-10-18-6-8-20(23-3)9-7-18/h6-9,16-17,19H,4-5,10-15H2,1-3H3/t16-,17+,19-/m1/s1. The first kappa shape index (κ1) is 17.7. The quantitative estimate of drug-likeness (QED) is 0.800. The minimum Gasteiger partial charge on any atom is -0.497 e. The van der Waals surface area contributed by atoms with Crippen LogP contribution in [0.5, 0.6) is 5.75 Å². The van der Waals surface area contributed by atoms with Gasteiger partial charge in [0, 0.05) is 32.2 Å². The highest BCUT2D eigenvalue weighted by atomic mass is 16.5. The van der Waals surface area contributed by atoms with Gasteiger partial charge in [-0.2, -0.15) is 0 Å². The van der Waals surface area contributed by atoms with E-state index in [1.807, 2.05) is 0 Å². The lowest BCUT2D eigenvalue weighted by molar-refractivity contribution is -0.0722. The van der Waals surface area contributed by atoms with E-state index in [2.05, 4.69) is 47.9 Å². The third-order valence-electron chi connectivity index (χ3n) is 5.31. The zero-order chi connectivity index (χ0) is 16.9. The maximum Gasteiger partial charge on any atom is 0.118 e. The molecule has 0 amide bonds. The molecular formula is C20H32N2O2. The fourth-order valence-corrected chi connectivity index (χ4v) is 4.19. The van der Waals surface area contributed by atoms with E-state index in [0.717, 1.165) is 31.8 Å². The van der Waals surface area contributed by atoms with Crippen LogP contribution in [-0.2, 0) is 11.2 Å². The minimum atomic E-state index is 0.364. The van der Waals surface area contributed by atoms with Gasteiger partial charge in [-0.3, -0.25) is 9.80 Å². The number of methoxy groups -OCH3 is 1. The van der Waals surface area contributed by atoms with Crippen molar-refractivity contribution in [2.45, 2.75) is 51.4 Å². The second-order valence-corrected chi connectivity index (χ2v) is 7.41. The van der Waals surface area contributed by atoms with Crippen molar-refractivity contribution in [3.63, 3.8) is 0 Å². The molecule has 1 aromatic carbocycles. The molecule has 0 radical (unpaired) electrons. The summed E-state index contributed by atoms with van der Waals surface area (Å²) in [5.74, 6) is 0.938. The third-order valence-corrected chi connectivity index (χ3v) is 5.31. The van der Waals surface area contributed by atoms with Crippen molar-refractivity contribution < 1.29 is 9.47 Å². The summed E-state index contributed by atoms with van der Waals surface area (Å²) in [6.45, 7) is 10.1. The van der Waals surface area contributed by atoms with Gasteiger partial charge in [0.15, 0.2) is 0 Å². The Kier molecular flexibility index (Phi) is 6.14. The summed E-state index contributed by atoms with van der Waals surface area (Å²) in [5, 5.41) is 0. The first-order valence-electron chi connectivity index (χ1n) is 9.39. The van der Waals surface area contributed by atoms with Crippen LogP contribution in [0.4, 0.5) is 0 Å². The molecule has 2 saturated heterocycles. The fraction of sp³-hybridized carbons (Fsp3) is 0.700. The van der Waals surface area contributed by atoms with Gasteiger partial charge in [0.25, 0.3) is 0 Å². The first-order valence-corrected chi connectivity index (χ1v) is 9.39. The highest BCUT2D eigenvalue weighted by molar-refractivity contribution is 5.27. The molecule has 24 heavy (non-hydrogen) atoms. The zero-order valence-electron chi connectivity index (χ0n) is 15.4. The second-order valence-electron chi connectivity index (χ2n) is 7.41. The molecule has 0 aliphatic carbocycles. The normalized spacial score (nSPS) is 29.0. The first-order chi connectivity index (χ1) is 11.6. The largest absolute Gasteiger partial charge is 0.497 e. The van der Waals surface area contributed by atoms with Gasteiger partial charge in [0.05, 0.1) is 19.3 Å². The molecule has 3 rings (SSSR count). The van der Waals surface area contributed by atoms with Gasteiger partial charge in [-0.1, -0.05) is 12.1 Å². The predicted octanol–water partition coefficient (Wildman–Crippen LogP) is 2.81. The molecule has 2 aliphatic rings. The number of rotatable bonds is 6. The third kappa shape index (κ3) is 4.71. The number of nitrogens with zero attached hydrogens (tertiary/aromatic N) is 2. The van der Waals surface area contributed by atoms with E-state index in [4.69, 9.17) is 9.47 Å². The van der Waals surface area contributed by atoms with E-state index in [0.29, 0.717) is 18.2 Å². The highest BCUT2D eigenvalue weighted by Crippen LogP contribution is 2.21. The molecule has 4 heteroatoms. The van der Waals surface area contributed by atoms with Crippen molar-refractivity contribution >= 4 is 0 Å². The van der Waals surface area contributed by atoms with Crippen LogP contribution < -0.4 is 4.74 Å². The molecule has 0 N–H and O–H groups in total. The van der Waals surface area contributed by atoms with Crippen LogP contribution >= 0.6 is 0 Å². The lowest BCUT2D eigenvalue weighted by Gasteiger charge is -2.38. The van der Waals surface area contributed by atoms with Crippen LogP contribution in [-0.4, -0.2) is 67.9 Å². The molecule has 0 aromatic heterocycles. The van der Waals surface area contributed by atoms with E-state index in [1.54, 1.807) is 7.11 Å². The topological polar surface area (TPSA) is 24.9 Å². The minimum absolute atomic E-state index is 0.364. The number of likely N-dealkylation sites (tertiary alicyclic amines) is 1. The lowest BCUT2D eigenvalue weighted by Crippen LogP contribution is -2.50. The number of ether oxygens (including phenoxy) is 2. The molecule has 0 unspecified atom stereocenters. The van der Waals surface area contributed by atoms with Gasteiger partial charge >= 0.3 is 0 Å². The van der Waals surface area contributed by atoms with E-state index < -0.39 is 0 Å². The molecule has 2 aliphatic heterocycles. The van der Waals surface area contributed by atoms with E-state index in [-0.39, 0.29) is 0 Å². The van der Waals surface area contributed by atoms with Crippen LogP contribution in [0.3, 0.4) is 0 Å². The number of benzene rings is 1. The number of hydrogen-bond donors (Lipinski definition) is 0. The summed E-state index contributed by atoms with van der Waals surface area (Å²) in [7, 11) is 1.72. The van der Waals surface area contributed by atoms with Crippen molar-refractivity contribution in [2.24, 2.45) is 0 Å². The van der Waals surface area contributed by atoms with Crippen molar-refractivity contribution in [1.29, 1.82) is 0 Å². The number of hydrogen-bond acceptors (Lipinski definition) is 4. The molecule has 1 aromatic rings. The summed E-state index contributed by atoms with van der Waals surface area (Å²) < 4.78 is 11.1. The van der Waals surface area contributed by atoms with Crippen LogP contribution in [0.25, 0.3) is 0 Å². The Morgan fingerprint density at radius 1 is 1.12 bits per heavy atom. The molecule has 0 spiro atoms. The average Bonchev–Trinajstić information content (AvgIpc) is 2.99. The Labute approximate surface area is 146 Å². The molecule has 2 heterocycles. The number of morpholine rings is 1. The SMILES string of the molecule is COc1ccc(CCN2CCC[C@@H]2CN2C[C@@H](C)O[C@@H](C)C2)cc1. The Morgan fingerprint density at radius 3 is 2.50 bits per heavy atom. The fourth-order valence-electron chi connectivity index (χ4n) is 4.19. The molecule has 0 bridgehead atoms. The summed E-state index contributed by atoms with van der Waals surface area (Å²) in [6, 6.07) is 9.21. The predicted molar refractivity (Wildman–Crippen MR) is 97.7 cm³/mol. The van der Waals surface area contributed by atoms with E-state index in [1.165, 1.54) is 31.5 Å². The van der Waals surface area contributed by atoms with Gasteiger partial charge in [-0.15, -0.1) is 0 Å². The Morgan fingerprint density at radius 2 is 1.83 bits per heavy atom. The van der Waals surface area contributed by atoms with Crippen molar-refractivity contribution in [3.8, 4) is 5.75 Å². The summed E-state index contributed by atoms with van der Waals surface area (Å²) >= 11 is 0. The Hall–Kier alpha value is -1.10. The molecule has 134 valence electrons. The molecule has 4 nitrogen and oxygen atoms in total. The highest BCUT2D eigenvalue weighted by Gasteiger charge is 2.29. The van der Waals surface area contributed by atoms with Gasteiger partial charge in [-0.05, 0) is 57.4 Å². The Balaban J connectivity index is 1.49. The van der Waals surface area contributed by atoms with Gasteiger partial charge in [-0.25, -0.2) is 0 Å². The monoisotopic (exact) mass is 332 g/mol. The van der Waals surface area contributed by atoms with Crippen LogP contribution in [0.1, 0.15) is 32.3 Å². The maximum atomic E-state index is 5.87. The van der Waals surface area contributed by atoms with Gasteiger partial charge in [0.1, 0.15) is 5.75 Å². The molecule has 0 saturated carbocycles. The Bertz CT molecular complexity index is 495. The van der Waals surface area contributed by atoms with Crippen LogP contribution in [0.2, 0.25) is 0 Å². The van der Waals surface area contributed by atoms with E-state index in [9.17, 15) is 0 Å². The summed E-state index contributed by atoms with van der Waals surface area (Å²) in [5.41, 5.74) is 1.40. The zero-order valence-corrected chi connectivity index (χ0v) is 15.4. The molecule has 3 atom stereocenters. The summed E-state index contributed by atoms with van der Waals surface area (Å²) in [4.78, 5) is 5.30. The maximum absolute atomic E-state index is 5.87. The van der Waals surface area contributed by atoms with Gasteiger partial charge in [0.2, 0.25) is 0 Å². The second kappa shape index (κ2) is 8.32. The van der Waals surface area contributed by atoms with E-state index >= 15 is 0 Å². The van der Waals surface area contributed by atoms with Gasteiger partial charge < -0.3 is 9.47 Å². The van der Waals surface area contributed by atoms with Crippen molar-refractivity contribution in [1.82, 2.24) is 9.80 Å². The average molecular weight is 332 g/mol. The molecule has 2 fully saturated rings. The summed E-state index contributed by atoms with van der Waals surface area (Å²) in [6.07, 6.45) is 4.52. The van der Waals surface area contributed by atoms with Crippen molar-refractivity contribution in [3.05, 3.63) is 29.8 Å². The van der Waals surface area contributed by atoms with Crippen LogP contribution in [0.15, 0.2) is 24.3 Å². The smallest absolute Gasteiger partial charge is 0.118 e. The molecular weight excluding hydrogens is 300 g/mol. The van der Waals surface area contributed by atoms with Crippen molar-refractivity contribution in [2.75, 3.05) is 39.8 Å². The van der Waals surface area contributed by atoms with Crippen LogP contribution in [0, 0.1) is 0 Å². The lowest BCUT2D eigenvalue weighted by atomic mass is 10.1.